The number of fused-ring (bicyclic) bond motifs is 1. The van der Waals surface area contributed by atoms with Gasteiger partial charge in [-0.05, 0) is 36.8 Å². The van der Waals surface area contributed by atoms with Gasteiger partial charge in [-0.3, -0.25) is 19.7 Å². The van der Waals surface area contributed by atoms with Crippen LogP contribution >= 0.6 is 0 Å². The number of carbonyl (C=O) groups is 2. The lowest BCUT2D eigenvalue weighted by Crippen LogP contribution is -2.13. The number of carboxylic acids is 1. The number of non-ortho nitro benzene ring substituents is 1. The highest BCUT2D eigenvalue weighted by Gasteiger charge is 2.27. The van der Waals surface area contributed by atoms with Gasteiger partial charge in [0.15, 0.2) is 17.3 Å². The van der Waals surface area contributed by atoms with Gasteiger partial charge in [-0.15, -0.1) is 0 Å². The molecule has 0 amide bonds. The van der Waals surface area contributed by atoms with Crippen molar-refractivity contribution in [2.45, 2.75) is 12.8 Å². The fraction of sp³-hybridized carbons (Fsp3) is 0.176. The standard InChI is InChI=1S/C17H13NO7/c1-9(17(20)21)12-6-14-15(25-8-24-14)7-13(12)16(19)10-2-4-11(5-3-10)18(22)23/h2-7,9H,8H2,1H3,(H,20,21). The van der Waals surface area contributed by atoms with Gasteiger partial charge in [-0.2, -0.15) is 0 Å². The molecule has 0 fully saturated rings. The predicted molar refractivity (Wildman–Crippen MR) is 85.1 cm³/mol. The van der Waals surface area contributed by atoms with E-state index in [0.717, 1.165) is 0 Å². The van der Waals surface area contributed by atoms with Crippen molar-refractivity contribution in [3.05, 3.63) is 63.2 Å². The Bertz CT molecular complexity index is 873. The summed E-state index contributed by atoms with van der Waals surface area (Å²) in [6.07, 6.45) is 0. The van der Waals surface area contributed by atoms with Gasteiger partial charge in [0.2, 0.25) is 6.79 Å². The van der Waals surface area contributed by atoms with E-state index < -0.39 is 22.6 Å². The van der Waals surface area contributed by atoms with Crippen molar-refractivity contribution >= 4 is 17.4 Å². The lowest BCUT2D eigenvalue weighted by molar-refractivity contribution is -0.384. The van der Waals surface area contributed by atoms with E-state index in [1.165, 1.54) is 43.3 Å². The number of nitrogens with zero attached hydrogens (tertiary/aromatic N) is 1. The normalized spacial score (nSPS) is 13.3. The summed E-state index contributed by atoms with van der Waals surface area (Å²) in [5, 5.41) is 20.0. The number of aliphatic carboxylic acids is 1. The summed E-state index contributed by atoms with van der Waals surface area (Å²) in [7, 11) is 0. The maximum absolute atomic E-state index is 12.8. The third kappa shape index (κ3) is 3.01. The Morgan fingerprint density at radius 1 is 1.16 bits per heavy atom. The molecule has 0 aliphatic carbocycles. The highest BCUT2D eigenvalue weighted by Crippen LogP contribution is 2.38. The molecule has 1 heterocycles. The molecule has 1 aliphatic rings. The molecular weight excluding hydrogens is 330 g/mol. The molecule has 0 radical (unpaired) electrons. The van der Waals surface area contributed by atoms with Crippen molar-refractivity contribution in [1.29, 1.82) is 0 Å². The molecule has 0 spiro atoms. The van der Waals surface area contributed by atoms with E-state index in [9.17, 15) is 24.8 Å². The van der Waals surface area contributed by atoms with Gasteiger partial charge in [-0.1, -0.05) is 0 Å². The molecule has 3 rings (SSSR count). The van der Waals surface area contributed by atoms with E-state index >= 15 is 0 Å². The average Bonchev–Trinajstić information content (AvgIpc) is 3.06. The van der Waals surface area contributed by atoms with Gasteiger partial charge in [0.05, 0.1) is 10.8 Å². The average molecular weight is 343 g/mol. The number of nitro groups is 1. The number of carbonyl (C=O) groups excluding carboxylic acids is 1. The van der Waals surface area contributed by atoms with Crippen molar-refractivity contribution in [2.24, 2.45) is 0 Å². The van der Waals surface area contributed by atoms with Crippen molar-refractivity contribution in [2.75, 3.05) is 6.79 Å². The van der Waals surface area contributed by atoms with Crippen LogP contribution in [0.25, 0.3) is 0 Å². The van der Waals surface area contributed by atoms with Crippen LogP contribution in [0.4, 0.5) is 5.69 Å². The van der Waals surface area contributed by atoms with Crippen molar-refractivity contribution in [3.63, 3.8) is 0 Å². The molecule has 0 bridgehead atoms. The van der Waals surface area contributed by atoms with Crippen LogP contribution in [0, 0.1) is 10.1 Å². The maximum atomic E-state index is 12.8. The quantitative estimate of drug-likeness (QED) is 0.504. The van der Waals surface area contributed by atoms with Crippen LogP contribution in [0.15, 0.2) is 36.4 Å². The first-order chi connectivity index (χ1) is 11.9. The first-order valence-electron chi connectivity index (χ1n) is 7.34. The Kier molecular flexibility index (Phi) is 4.10. The second kappa shape index (κ2) is 6.23. The summed E-state index contributed by atoms with van der Waals surface area (Å²) in [6, 6.07) is 8.04. The zero-order valence-electron chi connectivity index (χ0n) is 13.1. The van der Waals surface area contributed by atoms with Gasteiger partial charge in [0, 0.05) is 23.3 Å². The lowest BCUT2D eigenvalue weighted by atomic mass is 9.90. The Morgan fingerprint density at radius 2 is 1.76 bits per heavy atom. The molecule has 0 aromatic heterocycles. The van der Waals surface area contributed by atoms with E-state index in [4.69, 9.17) is 9.47 Å². The lowest BCUT2D eigenvalue weighted by Gasteiger charge is -2.13. The SMILES string of the molecule is CC(C(=O)O)c1cc2c(cc1C(=O)c1ccc([N+](=O)[O-])cc1)OCO2. The van der Waals surface area contributed by atoms with Crippen molar-refractivity contribution in [1.82, 2.24) is 0 Å². The monoisotopic (exact) mass is 343 g/mol. The molecule has 128 valence electrons. The summed E-state index contributed by atoms with van der Waals surface area (Å²) >= 11 is 0. The Morgan fingerprint density at radius 3 is 2.32 bits per heavy atom. The summed E-state index contributed by atoms with van der Waals surface area (Å²) in [4.78, 5) is 34.3. The molecule has 1 atom stereocenters. The minimum atomic E-state index is -1.09. The topological polar surface area (TPSA) is 116 Å². The number of nitro benzene ring substituents is 1. The summed E-state index contributed by atoms with van der Waals surface area (Å²) in [6.45, 7) is 1.46. The van der Waals surface area contributed by atoms with E-state index in [1.54, 1.807) is 0 Å². The molecule has 8 nitrogen and oxygen atoms in total. The number of carboxylic acid groups (broad SMARTS) is 1. The van der Waals surface area contributed by atoms with Gasteiger partial charge >= 0.3 is 5.97 Å². The largest absolute Gasteiger partial charge is 0.481 e. The molecule has 2 aromatic rings. The molecule has 1 aliphatic heterocycles. The highest BCUT2D eigenvalue weighted by molar-refractivity contribution is 6.11. The van der Waals surface area contributed by atoms with Gasteiger partial charge in [0.25, 0.3) is 5.69 Å². The molecular formula is C17H13NO7. The molecule has 1 unspecified atom stereocenters. The minimum absolute atomic E-state index is 0.00853. The molecule has 0 saturated carbocycles. The van der Waals surface area contributed by atoms with E-state index in [2.05, 4.69) is 0 Å². The first-order valence-corrected chi connectivity index (χ1v) is 7.34. The van der Waals surface area contributed by atoms with Crippen LogP contribution < -0.4 is 9.47 Å². The Labute approximate surface area is 141 Å². The van der Waals surface area contributed by atoms with Crippen molar-refractivity contribution in [3.8, 4) is 11.5 Å². The summed E-state index contributed by atoms with van der Waals surface area (Å²) in [5.41, 5.74) is 0.526. The molecule has 1 N–H and O–H groups in total. The van der Waals surface area contributed by atoms with Crippen LogP contribution in [0.1, 0.15) is 34.3 Å². The fourth-order valence-corrected chi connectivity index (χ4v) is 2.54. The van der Waals surface area contributed by atoms with E-state index in [1.807, 2.05) is 0 Å². The fourth-order valence-electron chi connectivity index (χ4n) is 2.54. The van der Waals surface area contributed by atoms with Crippen molar-refractivity contribution < 1.29 is 29.1 Å². The zero-order chi connectivity index (χ0) is 18.1. The van der Waals surface area contributed by atoms with Crippen LogP contribution in [0.2, 0.25) is 0 Å². The molecule has 8 heteroatoms. The zero-order valence-corrected chi connectivity index (χ0v) is 13.1. The summed E-state index contributed by atoms with van der Waals surface area (Å²) in [5.74, 6) is -1.74. The van der Waals surface area contributed by atoms with Gasteiger partial charge in [0.1, 0.15) is 0 Å². The number of ether oxygens (including phenoxy) is 2. The third-order valence-electron chi connectivity index (χ3n) is 3.97. The smallest absolute Gasteiger partial charge is 0.310 e. The Hall–Kier alpha value is -3.42. The number of hydrogen-bond donors (Lipinski definition) is 1. The van der Waals surface area contributed by atoms with E-state index in [0.29, 0.717) is 17.1 Å². The number of rotatable bonds is 5. The minimum Gasteiger partial charge on any atom is -0.481 e. The van der Waals surface area contributed by atoms with Gasteiger partial charge < -0.3 is 14.6 Å². The Balaban J connectivity index is 2.06. The van der Waals surface area contributed by atoms with Crippen LogP contribution in [-0.2, 0) is 4.79 Å². The summed E-state index contributed by atoms with van der Waals surface area (Å²) < 4.78 is 10.5. The molecule has 0 saturated heterocycles. The second-order valence-electron chi connectivity index (χ2n) is 5.49. The third-order valence-corrected chi connectivity index (χ3v) is 3.97. The van der Waals surface area contributed by atoms with Gasteiger partial charge in [-0.25, -0.2) is 0 Å². The maximum Gasteiger partial charge on any atom is 0.310 e. The molecule has 25 heavy (non-hydrogen) atoms. The van der Waals surface area contributed by atoms with Crippen LogP contribution in [0.3, 0.4) is 0 Å². The molecule has 2 aromatic carbocycles. The first kappa shape index (κ1) is 16.4. The van der Waals surface area contributed by atoms with E-state index in [-0.39, 0.29) is 23.6 Å². The number of ketones is 1. The van der Waals surface area contributed by atoms with Crippen LogP contribution in [-0.4, -0.2) is 28.6 Å². The van der Waals surface area contributed by atoms with Crippen LogP contribution in [0.5, 0.6) is 11.5 Å². The highest BCUT2D eigenvalue weighted by atomic mass is 16.7. The second-order valence-corrected chi connectivity index (χ2v) is 5.49. The number of hydrogen-bond acceptors (Lipinski definition) is 6. The predicted octanol–water partition coefficient (Wildman–Crippen LogP) is 2.74. The number of benzene rings is 2.